The average Bonchev–Trinajstić information content (AvgIpc) is 2.54. The summed E-state index contributed by atoms with van der Waals surface area (Å²) in [4.78, 5) is 8.39. The molecule has 0 saturated heterocycles. The number of pyridine rings is 1. The van der Waals surface area contributed by atoms with Gasteiger partial charge in [-0.25, -0.2) is 4.99 Å². The molecule has 24 heavy (non-hydrogen) atoms. The summed E-state index contributed by atoms with van der Waals surface area (Å²) in [6.45, 7) is 5.43. The van der Waals surface area contributed by atoms with E-state index < -0.39 is 0 Å². The van der Waals surface area contributed by atoms with Gasteiger partial charge in [-0.1, -0.05) is 18.7 Å². The van der Waals surface area contributed by atoms with Crippen LogP contribution in [0.25, 0.3) is 0 Å². The van der Waals surface area contributed by atoms with E-state index in [9.17, 15) is 0 Å². The molecule has 0 spiro atoms. The van der Waals surface area contributed by atoms with Crippen LogP contribution < -0.4 is 16.8 Å². The fourth-order valence-corrected chi connectivity index (χ4v) is 2.27. The summed E-state index contributed by atoms with van der Waals surface area (Å²) < 4.78 is 0. The van der Waals surface area contributed by atoms with Crippen molar-refractivity contribution in [2.45, 2.75) is 19.8 Å². The topological polar surface area (TPSA) is 89.3 Å². The van der Waals surface area contributed by atoms with Crippen LogP contribution in [0.3, 0.4) is 0 Å². The maximum atomic E-state index is 5.91. The highest BCUT2D eigenvalue weighted by atomic mass is 15.0. The van der Waals surface area contributed by atoms with Crippen LogP contribution in [0, 0.1) is 0 Å². The van der Waals surface area contributed by atoms with Crippen molar-refractivity contribution < 1.29 is 0 Å². The molecule has 5 heteroatoms. The second kappa shape index (κ2) is 8.53. The van der Waals surface area contributed by atoms with E-state index in [-0.39, 0.29) is 0 Å². The van der Waals surface area contributed by atoms with Crippen LogP contribution in [-0.4, -0.2) is 10.8 Å². The molecule has 0 aliphatic heterocycles. The average molecular weight is 321 g/mol. The molecule has 5 nitrogen and oxygen atoms in total. The summed E-state index contributed by atoms with van der Waals surface area (Å²) >= 11 is 0. The number of amidine groups is 1. The van der Waals surface area contributed by atoms with Crippen LogP contribution in [0.5, 0.6) is 0 Å². The van der Waals surface area contributed by atoms with E-state index in [2.05, 4.69) is 34.0 Å². The highest BCUT2D eigenvalue weighted by molar-refractivity contribution is 5.93. The number of rotatable bonds is 7. The molecule has 0 unspecified atom stereocenters. The van der Waals surface area contributed by atoms with Gasteiger partial charge >= 0.3 is 0 Å². The number of aromatic nitrogens is 1. The molecule has 2 rings (SSSR count). The number of aliphatic imine (C=N–C) groups is 1. The van der Waals surface area contributed by atoms with Crippen LogP contribution in [0.4, 0.5) is 5.69 Å². The lowest BCUT2D eigenvalue weighted by atomic mass is 10.1. The van der Waals surface area contributed by atoms with Gasteiger partial charge in [-0.05, 0) is 61.2 Å². The molecule has 0 atom stereocenters. The van der Waals surface area contributed by atoms with Gasteiger partial charge in [-0.15, -0.1) is 0 Å². The zero-order valence-electron chi connectivity index (χ0n) is 13.9. The number of nitrogens with two attached hydrogens (primary N) is 2. The van der Waals surface area contributed by atoms with Gasteiger partial charge in [0.15, 0.2) is 0 Å². The Bertz CT molecular complexity index is 730. The molecular weight excluding hydrogens is 298 g/mol. The molecule has 0 fully saturated rings. The van der Waals surface area contributed by atoms with E-state index in [0.29, 0.717) is 11.7 Å². The highest BCUT2D eigenvalue weighted by Crippen LogP contribution is 2.15. The Morgan fingerprint density at radius 1 is 1.08 bits per heavy atom. The quantitative estimate of drug-likeness (QED) is 0.540. The highest BCUT2D eigenvalue weighted by Gasteiger charge is 1.98. The Hall–Kier alpha value is -3.08. The molecule has 1 aromatic carbocycles. The smallest absolute Gasteiger partial charge is 0.125 e. The summed E-state index contributed by atoms with van der Waals surface area (Å²) in [5, 5.41) is 2.88. The molecule has 124 valence electrons. The zero-order valence-corrected chi connectivity index (χ0v) is 13.9. The molecule has 1 aromatic heterocycles. The van der Waals surface area contributed by atoms with E-state index in [1.807, 2.05) is 43.6 Å². The van der Waals surface area contributed by atoms with Crippen molar-refractivity contribution in [3.63, 3.8) is 0 Å². The third-order valence-corrected chi connectivity index (χ3v) is 3.37. The summed E-state index contributed by atoms with van der Waals surface area (Å²) in [7, 11) is 0. The number of nitrogens with one attached hydrogen (secondary N) is 1. The van der Waals surface area contributed by atoms with Gasteiger partial charge in [0.05, 0.1) is 11.5 Å². The maximum absolute atomic E-state index is 5.91. The first-order valence-electron chi connectivity index (χ1n) is 7.74. The SMILES string of the molecule is C=C(N)NC(C)=CC(N)=Nc1ccc(CCc2ccncc2)cc1. The predicted octanol–water partition coefficient (Wildman–Crippen LogP) is 2.78. The third kappa shape index (κ3) is 5.96. The number of hydrogen-bond acceptors (Lipinski definition) is 4. The Morgan fingerprint density at radius 2 is 1.67 bits per heavy atom. The Kier molecular flexibility index (Phi) is 6.14. The minimum absolute atomic E-state index is 0.370. The molecule has 0 aliphatic rings. The van der Waals surface area contributed by atoms with E-state index in [1.54, 1.807) is 6.08 Å². The molecule has 0 aliphatic carbocycles. The summed E-state index contributed by atoms with van der Waals surface area (Å²) in [6, 6.07) is 12.2. The second-order valence-corrected chi connectivity index (χ2v) is 5.54. The molecule has 1 heterocycles. The van der Waals surface area contributed by atoms with Crippen molar-refractivity contribution in [1.29, 1.82) is 0 Å². The fourth-order valence-electron chi connectivity index (χ4n) is 2.27. The van der Waals surface area contributed by atoms with Gasteiger partial charge in [0.25, 0.3) is 0 Å². The van der Waals surface area contributed by atoms with Crippen molar-refractivity contribution >= 4 is 11.5 Å². The number of allylic oxidation sites excluding steroid dienone is 1. The van der Waals surface area contributed by atoms with E-state index in [4.69, 9.17) is 11.5 Å². The molecule has 0 bridgehead atoms. The number of nitrogens with zero attached hydrogens (tertiary/aromatic N) is 2. The predicted molar refractivity (Wildman–Crippen MR) is 99.6 cm³/mol. The van der Waals surface area contributed by atoms with Crippen LogP contribution in [0.1, 0.15) is 18.1 Å². The monoisotopic (exact) mass is 321 g/mol. The lowest BCUT2D eigenvalue weighted by Gasteiger charge is -2.05. The van der Waals surface area contributed by atoms with Crippen molar-refractivity contribution in [3.8, 4) is 0 Å². The van der Waals surface area contributed by atoms with Crippen molar-refractivity contribution in [3.05, 3.63) is 84.1 Å². The van der Waals surface area contributed by atoms with Crippen LogP contribution in [-0.2, 0) is 12.8 Å². The summed E-state index contributed by atoms with van der Waals surface area (Å²) in [5.74, 6) is 0.779. The first kappa shape index (κ1) is 17.3. The molecule has 0 saturated carbocycles. The largest absolute Gasteiger partial charge is 0.386 e. The molecule has 2 aromatic rings. The van der Waals surface area contributed by atoms with Gasteiger partial charge in [0.2, 0.25) is 0 Å². The summed E-state index contributed by atoms with van der Waals surface area (Å²) in [5.41, 5.74) is 15.5. The minimum atomic E-state index is 0.370. The third-order valence-electron chi connectivity index (χ3n) is 3.37. The van der Waals surface area contributed by atoms with Crippen molar-refractivity contribution in [2.75, 3.05) is 0 Å². The van der Waals surface area contributed by atoms with E-state index >= 15 is 0 Å². The minimum Gasteiger partial charge on any atom is -0.386 e. The number of aryl methyl sites for hydroxylation is 2. The van der Waals surface area contributed by atoms with Gasteiger partial charge < -0.3 is 16.8 Å². The van der Waals surface area contributed by atoms with E-state index in [1.165, 1.54) is 11.1 Å². The lowest BCUT2D eigenvalue weighted by Crippen LogP contribution is -2.19. The van der Waals surface area contributed by atoms with Gasteiger partial charge in [0.1, 0.15) is 5.84 Å². The zero-order chi connectivity index (χ0) is 17.4. The van der Waals surface area contributed by atoms with Gasteiger partial charge in [0, 0.05) is 18.1 Å². The first-order valence-corrected chi connectivity index (χ1v) is 7.74. The molecule has 0 amide bonds. The van der Waals surface area contributed by atoms with Gasteiger partial charge in [-0.2, -0.15) is 0 Å². The van der Waals surface area contributed by atoms with Crippen LogP contribution in [0.15, 0.2) is 78.0 Å². The lowest BCUT2D eigenvalue weighted by molar-refractivity contribution is 0.955. The number of benzene rings is 1. The van der Waals surface area contributed by atoms with Gasteiger partial charge in [-0.3, -0.25) is 4.98 Å². The maximum Gasteiger partial charge on any atom is 0.125 e. The Labute approximate surface area is 142 Å². The fraction of sp³-hybridized carbons (Fsp3) is 0.158. The van der Waals surface area contributed by atoms with Crippen LogP contribution >= 0.6 is 0 Å². The molecule has 0 radical (unpaired) electrons. The van der Waals surface area contributed by atoms with Crippen molar-refractivity contribution in [1.82, 2.24) is 10.3 Å². The Morgan fingerprint density at radius 3 is 2.25 bits per heavy atom. The normalized spacial score (nSPS) is 12.0. The van der Waals surface area contributed by atoms with Crippen molar-refractivity contribution in [2.24, 2.45) is 16.5 Å². The Balaban J connectivity index is 1.96. The first-order chi connectivity index (χ1) is 11.5. The second-order valence-electron chi connectivity index (χ2n) is 5.54. The summed E-state index contributed by atoms with van der Waals surface area (Å²) in [6.07, 6.45) is 7.32. The molecular formula is C19H23N5. The van der Waals surface area contributed by atoms with E-state index in [0.717, 1.165) is 24.2 Å². The number of hydrogen-bond donors (Lipinski definition) is 3. The standard InChI is InChI=1S/C19H23N5/c1-14(23-15(2)20)13-19(21)24-18-7-5-16(6-8-18)3-4-17-9-11-22-12-10-17/h5-13,23H,2-4,20H2,1H3,(H2,21,24). The molecule has 5 N–H and O–H groups in total. The van der Waals surface area contributed by atoms with Crippen LogP contribution in [0.2, 0.25) is 0 Å².